The van der Waals surface area contributed by atoms with Gasteiger partial charge in [-0.15, -0.1) is 0 Å². The zero-order valence-corrected chi connectivity index (χ0v) is 15.0. The van der Waals surface area contributed by atoms with E-state index in [0.717, 1.165) is 0 Å². The van der Waals surface area contributed by atoms with Crippen molar-refractivity contribution in [1.29, 1.82) is 0 Å². The number of carboxylic acid groups (broad SMARTS) is 3. The molecule has 1 aromatic heterocycles. The molecule has 0 atom stereocenters. The van der Waals surface area contributed by atoms with E-state index in [1.165, 1.54) is 6.07 Å². The highest BCUT2D eigenvalue weighted by Gasteiger charge is 2.20. The van der Waals surface area contributed by atoms with Crippen molar-refractivity contribution in [2.45, 2.75) is 6.54 Å². The van der Waals surface area contributed by atoms with Gasteiger partial charge in [-0.3, -0.25) is 24.3 Å². The van der Waals surface area contributed by atoms with Gasteiger partial charge in [-0.2, -0.15) is 0 Å². The summed E-state index contributed by atoms with van der Waals surface area (Å²) in [5.74, 6) is -2.95. The van der Waals surface area contributed by atoms with Crippen LogP contribution < -0.4 is 0 Å². The summed E-state index contributed by atoms with van der Waals surface area (Å²) in [7, 11) is 0. The van der Waals surface area contributed by atoms with Crippen molar-refractivity contribution >= 4 is 17.9 Å². The van der Waals surface area contributed by atoms with Crippen LogP contribution in [-0.4, -0.2) is 105 Å². The fraction of sp³-hybridized carbons (Fsp3) is 0.529. The minimum atomic E-state index is -1.10. The minimum absolute atomic E-state index is 0.0308. The zero-order valence-electron chi connectivity index (χ0n) is 15.0. The van der Waals surface area contributed by atoms with E-state index in [0.29, 0.717) is 51.5 Å². The van der Waals surface area contributed by atoms with Gasteiger partial charge in [0, 0.05) is 45.8 Å². The lowest BCUT2D eigenvalue weighted by Gasteiger charge is -2.24. The summed E-state index contributed by atoms with van der Waals surface area (Å²) in [5.41, 5.74) is 0.570. The van der Waals surface area contributed by atoms with Gasteiger partial charge in [0.1, 0.15) is 5.69 Å². The van der Waals surface area contributed by atoms with E-state index in [1.54, 1.807) is 21.9 Å². The van der Waals surface area contributed by atoms with Crippen molar-refractivity contribution in [2.75, 3.05) is 52.4 Å². The number of hydrogen-bond acceptors (Lipinski definition) is 7. The molecule has 0 saturated carbocycles. The zero-order chi connectivity index (χ0) is 19.8. The topological polar surface area (TPSA) is 135 Å². The van der Waals surface area contributed by atoms with Crippen molar-refractivity contribution in [3.63, 3.8) is 0 Å². The lowest BCUT2D eigenvalue weighted by atomic mass is 10.2. The summed E-state index contributed by atoms with van der Waals surface area (Å²) in [6, 6.07) is 4.80. The normalized spacial score (nSPS) is 17.6. The molecule has 148 valence electrons. The van der Waals surface area contributed by atoms with Crippen LogP contribution in [0.25, 0.3) is 0 Å². The number of aliphatic carboxylic acids is 2. The number of pyridine rings is 1. The summed E-state index contributed by atoms with van der Waals surface area (Å²) in [5, 5.41) is 27.2. The van der Waals surface area contributed by atoms with Gasteiger partial charge < -0.3 is 15.3 Å². The maximum atomic E-state index is 11.1. The van der Waals surface area contributed by atoms with Crippen molar-refractivity contribution in [3.8, 4) is 0 Å². The van der Waals surface area contributed by atoms with Crippen LogP contribution in [0.1, 0.15) is 16.2 Å². The molecule has 1 saturated heterocycles. The van der Waals surface area contributed by atoms with E-state index in [-0.39, 0.29) is 18.8 Å². The van der Waals surface area contributed by atoms with Crippen LogP contribution in [0.2, 0.25) is 0 Å². The first-order chi connectivity index (χ1) is 12.8. The van der Waals surface area contributed by atoms with E-state index < -0.39 is 17.9 Å². The van der Waals surface area contributed by atoms with Gasteiger partial charge >= 0.3 is 17.9 Å². The fourth-order valence-electron chi connectivity index (χ4n) is 2.96. The van der Waals surface area contributed by atoms with Crippen LogP contribution in [0.4, 0.5) is 0 Å². The lowest BCUT2D eigenvalue weighted by molar-refractivity contribution is -0.140. The molecule has 2 heterocycles. The number of carbonyl (C=O) groups is 3. The molecule has 0 radical (unpaired) electrons. The van der Waals surface area contributed by atoms with E-state index in [1.807, 2.05) is 4.90 Å². The molecule has 0 spiro atoms. The molecule has 1 fully saturated rings. The summed E-state index contributed by atoms with van der Waals surface area (Å²) < 4.78 is 0. The highest BCUT2D eigenvalue weighted by atomic mass is 16.4. The van der Waals surface area contributed by atoms with Crippen LogP contribution >= 0.6 is 0 Å². The summed E-state index contributed by atoms with van der Waals surface area (Å²) in [4.78, 5) is 42.9. The van der Waals surface area contributed by atoms with Gasteiger partial charge in [0.25, 0.3) is 0 Å². The van der Waals surface area contributed by atoms with Gasteiger partial charge in [-0.25, -0.2) is 9.78 Å². The SMILES string of the molecule is O=C(O)CN1CCN(CC(=O)O)CCN(Cc2cccc(C(=O)O)n2)CC1. The quantitative estimate of drug-likeness (QED) is 0.561. The monoisotopic (exact) mass is 380 g/mol. The molecular weight excluding hydrogens is 356 g/mol. The Balaban J connectivity index is 2.09. The number of rotatable bonds is 7. The number of carboxylic acids is 3. The van der Waals surface area contributed by atoms with E-state index in [9.17, 15) is 14.4 Å². The van der Waals surface area contributed by atoms with Crippen molar-refractivity contribution < 1.29 is 29.7 Å². The van der Waals surface area contributed by atoms with Gasteiger partial charge in [-0.05, 0) is 12.1 Å². The highest BCUT2D eigenvalue weighted by Crippen LogP contribution is 2.07. The Bertz CT molecular complexity index is 655. The van der Waals surface area contributed by atoms with Gasteiger partial charge in [-0.1, -0.05) is 6.07 Å². The number of aromatic carboxylic acids is 1. The van der Waals surface area contributed by atoms with Crippen molar-refractivity contribution in [2.24, 2.45) is 0 Å². The fourth-order valence-corrected chi connectivity index (χ4v) is 2.96. The average Bonchev–Trinajstić information content (AvgIpc) is 2.67. The Morgan fingerprint density at radius 2 is 1.30 bits per heavy atom. The smallest absolute Gasteiger partial charge is 0.354 e. The standard InChI is InChI=1S/C17H24N4O6/c22-15(23)11-20-6-4-19(5-7-21(9-8-20)12-16(24)25)10-13-2-1-3-14(18-13)17(26)27/h1-3H,4-12H2,(H,22,23)(H,24,25)(H,26,27). The maximum absolute atomic E-state index is 11.1. The molecule has 0 amide bonds. The maximum Gasteiger partial charge on any atom is 0.354 e. The first-order valence-corrected chi connectivity index (χ1v) is 8.63. The molecule has 1 aromatic rings. The summed E-state index contributed by atoms with van der Waals surface area (Å²) in [6.07, 6.45) is 0. The molecule has 3 N–H and O–H groups in total. The summed E-state index contributed by atoms with van der Waals surface area (Å²) >= 11 is 0. The predicted molar refractivity (Wildman–Crippen MR) is 94.6 cm³/mol. The van der Waals surface area contributed by atoms with Crippen LogP contribution in [0.15, 0.2) is 18.2 Å². The third-order valence-electron chi connectivity index (χ3n) is 4.33. The Labute approximate surface area is 156 Å². The molecular formula is C17H24N4O6. The van der Waals surface area contributed by atoms with Gasteiger partial charge in [0.2, 0.25) is 0 Å². The Hall–Kier alpha value is -2.56. The highest BCUT2D eigenvalue weighted by molar-refractivity contribution is 5.85. The third-order valence-corrected chi connectivity index (χ3v) is 4.33. The lowest BCUT2D eigenvalue weighted by Crippen LogP contribution is -2.40. The Morgan fingerprint density at radius 1 is 0.815 bits per heavy atom. The molecule has 0 unspecified atom stereocenters. The van der Waals surface area contributed by atoms with Crippen LogP contribution in [0.3, 0.4) is 0 Å². The first-order valence-electron chi connectivity index (χ1n) is 8.63. The third kappa shape index (κ3) is 7.29. The van der Waals surface area contributed by atoms with Crippen LogP contribution in [0.5, 0.6) is 0 Å². The second kappa shape index (κ2) is 9.95. The molecule has 1 aliphatic rings. The van der Waals surface area contributed by atoms with Gasteiger partial charge in [0.15, 0.2) is 0 Å². The molecule has 10 heteroatoms. The Kier molecular flexibility index (Phi) is 7.65. The van der Waals surface area contributed by atoms with E-state index >= 15 is 0 Å². The number of nitrogens with zero attached hydrogens (tertiary/aromatic N) is 4. The Morgan fingerprint density at radius 3 is 1.74 bits per heavy atom. The van der Waals surface area contributed by atoms with Crippen LogP contribution in [0, 0.1) is 0 Å². The minimum Gasteiger partial charge on any atom is -0.480 e. The molecule has 0 aromatic carbocycles. The number of hydrogen-bond donors (Lipinski definition) is 3. The van der Waals surface area contributed by atoms with E-state index in [2.05, 4.69) is 4.98 Å². The van der Waals surface area contributed by atoms with Gasteiger partial charge in [0.05, 0.1) is 18.8 Å². The van der Waals surface area contributed by atoms with Crippen molar-refractivity contribution in [3.05, 3.63) is 29.6 Å². The molecule has 27 heavy (non-hydrogen) atoms. The largest absolute Gasteiger partial charge is 0.480 e. The van der Waals surface area contributed by atoms with E-state index in [4.69, 9.17) is 15.3 Å². The molecule has 0 aliphatic carbocycles. The molecule has 10 nitrogen and oxygen atoms in total. The molecule has 0 bridgehead atoms. The second-order valence-corrected chi connectivity index (χ2v) is 6.44. The molecule has 2 rings (SSSR count). The second-order valence-electron chi connectivity index (χ2n) is 6.44. The van der Waals surface area contributed by atoms with Crippen molar-refractivity contribution in [1.82, 2.24) is 19.7 Å². The molecule has 1 aliphatic heterocycles. The number of aromatic nitrogens is 1. The predicted octanol–water partition coefficient (Wildman–Crippen LogP) is -0.631. The average molecular weight is 380 g/mol. The van der Waals surface area contributed by atoms with Crippen LogP contribution in [-0.2, 0) is 16.1 Å². The summed E-state index contributed by atoms with van der Waals surface area (Å²) in [6.45, 7) is 3.32. The first kappa shape index (κ1) is 20.7.